The minimum absolute atomic E-state index is 0. The molecule has 4 heteroatoms. The minimum atomic E-state index is 0. The van der Waals surface area contributed by atoms with Gasteiger partial charge in [-0.3, -0.25) is 0 Å². The molecular weight excluding hydrogens is 115 g/mol. The normalized spacial score (nSPS) is 0.800. The quantitative estimate of drug-likeness (QED) is 0.392. The van der Waals surface area contributed by atoms with Gasteiger partial charge in [0.25, 0.3) is 0 Å². The SMILES string of the molecule is C=O.S.S.[NaH]. The average Bonchev–Trinajstić information content (AvgIpc) is 1.00. The van der Waals surface area contributed by atoms with Crippen LogP contribution in [0.15, 0.2) is 0 Å². The Labute approximate surface area is 67.7 Å². The average molecular weight is 122 g/mol. The van der Waals surface area contributed by atoms with Crippen LogP contribution in [0, 0.1) is 0 Å². The van der Waals surface area contributed by atoms with Gasteiger partial charge in [0.1, 0.15) is 6.79 Å². The van der Waals surface area contributed by atoms with Crippen LogP contribution >= 0.6 is 27.0 Å². The molecule has 0 N–H and O–H groups in total. The third-order valence-corrected chi connectivity index (χ3v) is 0. The van der Waals surface area contributed by atoms with Crippen molar-refractivity contribution in [2.24, 2.45) is 0 Å². The molecule has 0 saturated heterocycles. The predicted molar refractivity (Wildman–Crippen MR) is 35.0 cm³/mol. The second-order valence-electron chi connectivity index (χ2n) is 0. The molecule has 0 unspecified atom stereocenters. The van der Waals surface area contributed by atoms with E-state index in [9.17, 15) is 0 Å². The van der Waals surface area contributed by atoms with Crippen molar-refractivity contribution in [3.8, 4) is 0 Å². The summed E-state index contributed by atoms with van der Waals surface area (Å²) in [4.78, 5) is 8.00. The molecule has 5 heavy (non-hydrogen) atoms. The molecule has 0 fully saturated rings. The van der Waals surface area contributed by atoms with Crippen molar-refractivity contribution < 1.29 is 4.79 Å². The van der Waals surface area contributed by atoms with Crippen molar-refractivity contribution in [2.75, 3.05) is 0 Å². The van der Waals surface area contributed by atoms with Crippen molar-refractivity contribution in [1.29, 1.82) is 0 Å². The van der Waals surface area contributed by atoms with Crippen molar-refractivity contribution in [3.05, 3.63) is 0 Å². The van der Waals surface area contributed by atoms with Gasteiger partial charge in [-0.25, -0.2) is 0 Å². The molecule has 0 aliphatic rings. The monoisotopic (exact) mass is 122 g/mol. The third-order valence-electron chi connectivity index (χ3n) is 0. The van der Waals surface area contributed by atoms with Gasteiger partial charge in [-0.15, -0.1) is 0 Å². The maximum atomic E-state index is 8.00. The molecule has 1 nitrogen and oxygen atoms in total. The summed E-state index contributed by atoms with van der Waals surface area (Å²) in [6.45, 7) is 2.00. The van der Waals surface area contributed by atoms with Gasteiger partial charge in [-0.2, -0.15) is 27.0 Å². The summed E-state index contributed by atoms with van der Waals surface area (Å²) in [5, 5.41) is 0. The van der Waals surface area contributed by atoms with E-state index >= 15 is 0 Å². The Balaban J connectivity index is -0.00000000167. The molecule has 0 saturated carbocycles. The summed E-state index contributed by atoms with van der Waals surface area (Å²) < 4.78 is 0. The zero-order chi connectivity index (χ0) is 2.00. The van der Waals surface area contributed by atoms with E-state index in [0.717, 1.165) is 0 Å². The number of carbonyl (C=O) groups is 1. The number of carbonyl (C=O) groups excluding carboxylic acids is 1. The van der Waals surface area contributed by atoms with Crippen LogP contribution in [0.1, 0.15) is 0 Å². The molecule has 0 amide bonds. The van der Waals surface area contributed by atoms with Crippen molar-refractivity contribution in [3.63, 3.8) is 0 Å². The Morgan fingerprint density at radius 1 is 1.00 bits per heavy atom. The van der Waals surface area contributed by atoms with Crippen LogP contribution in [-0.2, 0) is 4.79 Å². The van der Waals surface area contributed by atoms with E-state index in [-0.39, 0.29) is 56.5 Å². The standard InChI is InChI=1S/CH2O.Na.2H2S.H/c1-2;;;;/h1H2;;2*1H2;. The van der Waals surface area contributed by atoms with Gasteiger partial charge in [-0.05, 0) is 0 Å². The molecule has 0 aromatic rings. The second kappa shape index (κ2) is 54.6. The van der Waals surface area contributed by atoms with Gasteiger partial charge < -0.3 is 4.79 Å². The number of rotatable bonds is 0. The molecule has 0 radical (unpaired) electrons. The van der Waals surface area contributed by atoms with Crippen LogP contribution in [0.2, 0.25) is 0 Å². The number of hydrogen-bond acceptors (Lipinski definition) is 1. The van der Waals surface area contributed by atoms with Crippen LogP contribution in [0.3, 0.4) is 0 Å². The Bertz CT molecular complexity index is 9.61. The summed E-state index contributed by atoms with van der Waals surface area (Å²) >= 11 is 0. The van der Waals surface area contributed by atoms with Crippen molar-refractivity contribution in [2.45, 2.75) is 0 Å². The molecule has 0 rings (SSSR count). The van der Waals surface area contributed by atoms with Crippen LogP contribution in [0.25, 0.3) is 0 Å². The summed E-state index contributed by atoms with van der Waals surface area (Å²) in [7, 11) is 0. The fourth-order valence-corrected chi connectivity index (χ4v) is 0. The predicted octanol–water partition coefficient (Wildman–Crippen LogP) is -0.608. The first-order chi connectivity index (χ1) is 1.00. The molecule has 0 spiro atoms. The zero-order valence-electron chi connectivity index (χ0n) is 2.12. The second-order valence-corrected chi connectivity index (χ2v) is 0. The Kier molecular flexibility index (Phi) is 357. The van der Waals surface area contributed by atoms with Crippen LogP contribution < -0.4 is 0 Å². The summed E-state index contributed by atoms with van der Waals surface area (Å²) in [6, 6.07) is 0. The van der Waals surface area contributed by atoms with E-state index in [4.69, 9.17) is 4.79 Å². The summed E-state index contributed by atoms with van der Waals surface area (Å²) in [5.41, 5.74) is 0. The Morgan fingerprint density at radius 2 is 1.00 bits per heavy atom. The molecule has 0 heterocycles. The first kappa shape index (κ1) is 32.7. The Morgan fingerprint density at radius 3 is 1.00 bits per heavy atom. The molecule has 0 aromatic heterocycles. The van der Waals surface area contributed by atoms with Crippen LogP contribution in [0.4, 0.5) is 0 Å². The van der Waals surface area contributed by atoms with Crippen molar-refractivity contribution in [1.82, 2.24) is 0 Å². The first-order valence-corrected chi connectivity index (χ1v) is 0.289. The zero-order valence-corrected chi connectivity index (χ0v) is 4.12. The van der Waals surface area contributed by atoms with Gasteiger partial charge >= 0.3 is 29.6 Å². The fraction of sp³-hybridized carbons (Fsp3) is 0. The third kappa shape index (κ3) is 32.5. The van der Waals surface area contributed by atoms with Gasteiger partial charge in [0.2, 0.25) is 0 Å². The molecular formula is CH7NaOS2. The van der Waals surface area contributed by atoms with Crippen molar-refractivity contribution >= 4 is 63.3 Å². The molecule has 0 aliphatic heterocycles. The fourth-order valence-electron chi connectivity index (χ4n) is 0. The van der Waals surface area contributed by atoms with E-state index in [1.165, 1.54) is 0 Å². The van der Waals surface area contributed by atoms with E-state index < -0.39 is 0 Å². The molecule has 30 valence electrons. The molecule has 0 aliphatic carbocycles. The molecule has 0 bridgehead atoms. The van der Waals surface area contributed by atoms with E-state index in [1.54, 1.807) is 0 Å². The molecule has 0 atom stereocenters. The maximum absolute atomic E-state index is 8.00. The van der Waals surface area contributed by atoms with Gasteiger partial charge in [0.05, 0.1) is 0 Å². The summed E-state index contributed by atoms with van der Waals surface area (Å²) in [5.74, 6) is 0. The molecule has 0 aromatic carbocycles. The number of hydrogen-bond donors (Lipinski definition) is 0. The van der Waals surface area contributed by atoms with Gasteiger partial charge in [0, 0.05) is 0 Å². The van der Waals surface area contributed by atoms with Gasteiger partial charge in [-0.1, -0.05) is 0 Å². The van der Waals surface area contributed by atoms with E-state index in [2.05, 4.69) is 0 Å². The summed E-state index contributed by atoms with van der Waals surface area (Å²) in [6.07, 6.45) is 0. The van der Waals surface area contributed by atoms with Gasteiger partial charge in [0.15, 0.2) is 0 Å². The van der Waals surface area contributed by atoms with Crippen LogP contribution in [-0.4, -0.2) is 36.3 Å². The van der Waals surface area contributed by atoms with E-state index in [1.807, 2.05) is 6.79 Å². The first-order valence-electron chi connectivity index (χ1n) is 0.289. The van der Waals surface area contributed by atoms with Crippen LogP contribution in [0.5, 0.6) is 0 Å². The topological polar surface area (TPSA) is 17.1 Å². The van der Waals surface area contributed by atoms with E-state index in [0.29, 0.717) is 0 Å². The Hall–Kier alpha value is 1.37.